The highest BCUT2D eigenvalue weighted by Crippen LogP contribution is 2.35. The highest BCUT2D eigenvalue weighted by molar-refractivity contribution is 5.94. The van der Waals surface area contributed by atoms with E-state index in [1.54, 1.807) is 0 Å². The van der Waals surface area contributed by atoms with Crippen LogP contribution < -0.4 is 11.1 Å². The fraction of sp³-hybridized carbons (Fsp3) is 0.480. The molecule has 7 heteroatoms. The van der Waals surface area contributed by atoms with Gasteiger partial charge in [-0.05, 0) is 37.0 Å². The van der Waals surface area contributed by atoms with Gasteiger partial charge < -0.3 is 20.5 Å². The Hall–Kier alpha value is -3.09. The average Bonchev–Trinajstić information content (AvgIpc) is 3.18. The van der Waals surface area contributed by atoms with Crippen molar-refractivity contribution in [1.82, 2.24) is 19.4 Å². The third kappa shape index (κ3) is 4.56. The number of likely N-dealkylation sites (tertiary alicyclic amines) is 1. The van der Waals surface area contributed by atoms with Crippen LogP contribution in [0, 0.1) is 5.92 Å². The largest absolute Gasteiger partial charge is 0.399 e. The van der Waals surface area contributed by atoms with Gasteiger partial charge in [0.2, 0.25) is 11.9 Å². The first-order valence-electron chi connectivity index (χ1n) is 11.7. The predicted octanol–water partition coefficient (Wildman–Crippen LogP) is 4.71. The number of nitrogens with two attached hydrogens (primary N) is 1. The third-order valence-corrected chi connectivity index (χ3v) is 6.27. The summed E-state index contributed by atoms with van der Waals surface area (Å²) in [6, 6.07) is 8.25. The molecule has 0 saturated carbocycles. The molecule has 3 aromatic rings. The zero-order chi connectivity index (χ0) is 22.7. The molecule has 0 bridgehead atoms. The van der Waals surface area contributed by atoms with Gasteiger partial charge >= 0.3 is 0 Å². The maximum absolute atomic E-state index is 12.4. The number of nitrogen functional groups attached to an aromatic ring is 1. The predicted molar refractivity (Wildman–Crippen MR) is 130 cm³/mol. The minimum Gasteiger partial charge on any atom is -0.399 e. The molecule has 1 fully saturated rings. The third-order valence-electron chi connectivity index (χ3n) is 6.27. The molecule has 1 aliphatic rings. The number of unbranched alkanes of at least 4 members (excludes halogenated alkanes) is 1. The van der Waals surface area contributed by atoms with Crippen LogP contribution in [-0.4, -0.2) is 45.0 Å². The number of rotatable bonds is 7. The van der Waals surface area contributed by atoms with E-state index in [1.807, 2.05) is 49.2 Å². The number of fused-ring (bicyclic) bond motifs is 1. The van der Waals surface area contributed by atoms with Crippen molar-refractivity contribution in [2.75, 3.05) is 30.7 Å². The fourth-order valence-electron chi connectivity index (χ4n) is 4.39. The van der Waals surface area contributed by atoms with E-state index in [1.165, 1.54) is 0 Å². The van der Waals surface area contributed by atoms with Crippen molar-refractivity contribution in [3.8, 4) is 11.1 Å². The van der Waals surface area contributed by atoms with Crippen LogP contribution in [0.5, 0.6) is 0 Å². The molecule has 0 radical (unpaired) electrons. The second-order valence-electron chi connectivity index (χ2n) is 8.99. The summed E-state index contributed by atoms with van der Waals surface area (Å²) >= 11 is 0. The van der Waals surface area contributed by atoms with E-state index in [2.05, 4.69) is 28.0 Å². The van der Waals surface area contributed by atoms with Crippen LogP contribution in [-0.2, 0) is 4.79 Å². The van der Waals surface area contributed by atoms with Crippen LogP contribution >= 0.6 is 0 Å². The molecule has 0 atom stereocenters. The van der Waals surface area contributed by atoms with Crippen molar-refractivity contribution in [1.29, 1.82) is 0 Å². The Morgan fingerprint density at radius 3 is 2.59 bits per heavy atom. The Bertz CT molecular complexity index is 1060. The summed E-state index contributed by atoms with van der Waals surface area (Å²) in [6.45, 7) is 8.54. The van der Waals surface area contributed by atoms with E-state index in [4.69, 9.17) is 10.7 Å². The summed E-state index contributed by atoms with van der Waals surface area (Å²) in [5.74, 6) is 0.954. The van der Waals surface area contributed by atoms with Gasteiger partial charge in [-0.15, -0.1) is 0 Å². The van der Waals surface area contributed by atoms with Crippen molar-refractivity contribution in [3.63, 3.8) is 0 Å². The molecular weight excluding hydrogens is 400 g/mol. The topological polar surface area (TPSA) is 89.1 Å². The van der Waals surface area contributed by atoms with Crippen molar-refractivity contribution >= 4 is 28.6 Å². The van der Waals surface area contributed by atoms with Gasteiger partial charge in [0.15, 0.2) is 0 Å². The fourth-order valence-corrected chi connectivity index (χ4v) is 4.39. The Kier molecular flexibility index (Phi) is 6.63. The molecule has 0 aliphatic carbocycles. The van der Waals surface area contributed by atoms with Gasteiger partial charge in [-0.25, -0.2) is 4.98 Å². The van der Waals surface area contributed by atoms with E-state index in [0.29, 0.717) is 12.0 Å². The van der Waals surface area contributed by atoms with Crippen LogP contribution in [0.15, 0.2) is 36.7 Å². The van der Waals surface area contributed by atoms with Crippen LogP contribution in [0.4, 0.5) is 11.6 Å². The molecule has 1 saturated heterocycles. The van der Waals surface area contributed by atoms with E-state index in [0.717, 1.165) is 73.2 Å². The number of nitrogens with one attached hydrogen (secondary N) is 1. The molecule has 1 amide bonds. The minimum atomic E-state index is 0.0422. The Morgan fingerprint density at radius 2 is 1.94 bits per heavy atom. The minimum absolute atomic E-state index is 0.0422. The van der Waals surface area contributed by atoms with Gasteiger partial charge in [-0.1, -0.05) is 39.3 Å². The molecule has 3 heterocycles. The smallest absolute Gasteiger partial charge is 0.225 e. The Morgan fingerprint density at radius 1 is 1.22 bits per heavy atom. The summed E-state index contributed by atoms with van der Waals surface area (Å²) in [6.07, 6.45) is 8.18. The maximum Gasteiger partial charge on any atom is 0.225 e. The quantitative estimate of drug-likeness (QED) is 0.415. The molecule has 4 rings (SSSR count). The second-order valence-corrected chi connectivity index (χ2v) is 8.99. The molecule has 7 nitrogen and oxygen atoms in total. The molecule has 32 heavy (non-hydrogen) atoms. The number of nitrogens with zero attached hydrogens (tertiary/aromatic N) is 4. The van der Waals surface area contributed by atoms with E-state index >= 15 is 0 Å². The lowest BCUT2D eigenvalue weighted by Gasteiger charge is -2.34. The van der Waals surface area contributed by atoms with Gasteiger partial charge in [-0.3, -0.25) is 4.79 Å². The number of hydrogen-bond donors (Lipinski definition) is 2. The van der Waals surface area contributed by atoms with Crippen molar-refractivity contribution in [2.24, 2.45) is 5.92 Å². The van der Waals surface area contributed by atoms with Crippen molar-refractivity contribution < 1.29 is 4.79 Å². The Balaban J connectivity index is 1.67. The van der Waals surface area contributed by atoms with Gasteiger partial charge in [0.25, 0.3) is 0 Å². The van der Waals surface area contributed by atoms with Crippen LogP contribution in [0.3, 0.4) is 0 Å². The van der Waals surface area contributed by atoms with E-state index < -0.39 is 0 Å². The first-order valence-corrected chi connectivity index (χ1v) is 11.7. The standard InChI is InChI=1S/C25H34N6O/c1-4-5-12-27-25-28-15-21-22(18-6-8-19(26)9-7-18)16-31(23(21)29-25)20-10-13-30(14-11-20)24(32)17(2)3/h6-9,15-17,20H,4-5,10-14,26H2,1-3H3,(H,27,28,29). The number of carbonyl (C=O) groups is 1. The number of hydrogen-bond acceptors (Lipinski definition) is 5. The molecule has 0 spiro atoms. The highest BCUT2D eigenvalue weighted by atomic mass is 16.2. The monoisotopic (exact) mass is 434 g/mol. The number of aromatic nitrogens is 3. The summed E-state index contributed by atoms with van der Waals surface area (Å²) in [5, 5.41) is 4.39. The van der Waals surface area contributed by atoms with Crippen molar-refractivity contribution in [2.45, 2.75) is 52.5 Å². The zero-order valence-electron chi connectivity index (χ0n) is 19.3. The molecule has 170 valence electrons. The van der Waals surface area contributed by atoms with Gasteiger partial charge in [-0.2, -0.15) is 4.98 Å². The molecule has 1 aromatic carbocycles. The second kappa shape index (κ2) is 9.59. The number of benzene rings is 1. The summed E-state index contributed by atoms with van der Waals surface area (Å²) in [4.78, 5) is 23.9. The van der Waals surface area contributed by atoms with Gasteiger partial charge in [0, 0.05) is 60.6 Å². The van der Waals surface area contributed by atoms with Gasteiger partial charge in [0.05, 0.1) is 0 Å². The normalized spacial score (nSPS) is 14.9. The summed E-state index contributed by atoms with van der Waals surface area (Å²) in [5.41, 5.74) is 9.81. The maximum atomic E-state index is 12.4. The van der Waals surface area contributed by atoms with Crippen LogP contribution in [0.1, 0.15) is 52.5 Å². The Labute approximate surface area is 190 Å². The van der Waals surface area contributed by atoms with Crippen molar-refractivity contribution in [3.05, 3.63) is 36.7 Å². The van der Waals surface area contributed by atoms with E-state index in [-0.39, 0.29) is 11.8 Å². The number of anilines is 2. The lowest BCUT2D eigenvalue weighted by molar-refractivity contribution is -0.135. The van der Waals surface area contributed by atoms with Crippen LogP contribution in [0.2, 0.25) is 0 Å². The number of amides is 1. The SMILES string of the molecule is CCCCNc1ncc2c(-c3ccc(N)cc3)cn(C3CCN(C(=O)C(C)C)CC3)c2n1. The molecular formula is C25H34N6O. The first kappa shape index (κ1) is 22.1. The number of piperidine rings is 1. The molecule has 3 N–H and O–H groups in total. The lowest BCUT2D eigenvalue weighted by atomic mass is 10.0. The summed E-state index contributed by atoms with van der Waals surface area (Å²) in [7, 11) is 0. The average molecular weight is 435 g/mol. The molecule has 0 unspecified atom stereocenters. The lowest BCUT2D eigenvalue weighted by Crippen LogP contribution is -2.41. The molecule has 1 aliphatic heterocycles. The first-order chi connectivity index (χ1) is 15.5. The van der Waals surface area contributed by atoms with E-state index in [9.17, 15) is 4.79 Å². The highest BCUT2D eigenvalue weighted by Gasteiger charge is 2.27. The summed E-state index contributed by atoms with van der Waals surface area (Å²) < 4.78 is 2.30. The zero-order valence-corrected chi connectivity index (χ0v) is 19.3. The van der Waals surface area contributed by atoms with Crippen LogP contribution in [0.25, 0.3) is 22.2 Å². The van der Waals surface area contributed by atoms with Gasteiger partial charge in [0.1, 0.15) is 5.65 Å². The molecule has 2 aromatic heterocycles. The number of carbonyl (C=O) groups excluding carboxylic acids is 1.